The van der Waals surface area contributed by atoms with E-state index in [2.05, 4.69) is 4.98 Å². The minimum Gasteiger partial charge on any atom is -0.473 e. The van der Waals surface area contributed by atoms with Crippen molar-refractivity contribution in [2.45, 2.75) is 6.61 Å². The first-order valence-corrected chi connectivity index (χ1v) is 4.73. The monoisotopic (exact) mass is 200 g/mol. The Labute approximate surface area is 88.5 Å². The van der Waals surface area contributed by atoms with Gasteiger partial charge in [-0.05, 0) is 12.1 Å². The maximum atomic E-state index is 5.78. The fraction of sp³-hybridized carbons (Fsp3) is 0.0833. The molecule has 2 N–H and O–H groups in total. The van der Waals surface area contributed by atoms with Gasteiger partial charge in [0.15, 0.2) is 0 Å². The molecule has 1 heterocycles. The predicted molar refractivity (Wildman–Crippen MR) is 59.4 cm³/mol. The fourth-order valence-corrected chi connectivity index (χ4v) is 1.25. The highest BCUT2D eigenvalue weighted by Gasteiger charge is 1.99. The zero-order valence-corrected chi connectivity index (χ0v) is 8.26. The van der Waals surface area contributed by atoms with E-state index in [0.717, 1.165) is 11.3 Å². The average molecular weight is 200 g/mol. The van der Waals surface area contributed by atoms with Gasteiger partial charge >= 0.3 is 0 Å². The van der Waals surface area contributed by atoms with E-state index in [1.54, 1.807) is 6.20 Å². The molecule has 0 aliphatic heterocycles. The number of ether oxygens (including phenoxy) is 1. The van der Waals surface area contributed by atoms with Crippen LogP contribution in [0.25, 0.3) is 0 Å². The maximum Gasteiger partial charge on any atom is 0.213 e. The summed E-state index contributed by atoms with van der Waals surface area (Å²) in [6.45, 7) is 0.448. The molecule has 0 bridgehead atoms. The summed E-state index contributed by atoms with van der Waals surface area (Å²) >= 11 is 0. The first kappa shape index (κ1) is 9.52. The molecule has 0 unspecified atom stereocenters. The zero-order chi connectivity index (χ0) is 10.5. The first-order valence-electron chi connectivity index (χ1n) is 4.73. The van der Waals surface area contributed by atoms with E-state index < -0.39 is 0 Å². The number of nitrogens with two attached hydrogens (primary N) is 1. The molecule has 3 nitrogen and oxygen atoms in total. The standard InChI is InChI=1S/C12H12N2O/c13-11-6-2-1-5-10(11)9-15-12-7-3-4-8-14-12/h1-8H,9,13H2. The molecule has 0 amide bonds. The lowest BCUT2D eigenvalue weighted by molar-refractivity contribution is 0.294. The highest BCUT2D eigenvalue weighted by Crippen LogP contribution is 2.13. The number of aromatic nitrogens is 1. The van der Waals surface area contributed by atoms with Crippen LogP contribution in [-0.4, -0.2) is 4.98 Å². The zero-order valence-electron chi connectivity index (χ0n) is 8.26. The molecule has 2 aromatic rings. The lowest BCUT2D eigenvalue weighted by Gasteiger charge is -2.06. The summed E-state index contributed by atoms with van der Waals surface area (Å²) in [5.74, 6) is 0.612. The Kier molecular flexibility index (Phi) is 2.83. The molecule has 0 spiro atoms. The summed E-state index contributed by atoms with van der Waals surface area (Å²) in [6.07, 6.45) is 1.70. The second kappa shape index (κ2) is 4.46. The quantitative estimate of drug-likeness (QED) is 0.773. The van der Waals surface area contributed by atoms with Gasteiger partial charge in [0.1, 0.15) is 6.61 Å². The van der Waals surface area contributed by atoms with Gasteiger partial charge in [-0.2, -0.15) is 0 Å². The van der Waals surface area contributed by atoms with E-state index in [-0.39, 0.29) is 0 Å². The maximum absolute atomic E-state index is 5.78. The van der Waals surface area contributed by atoms with Gasteiger partial charge in [0.2, 0.25) is 5.88 Å². The average Bonchev–Trinajstić information content (AvgIpc) is 2.29. The molecular weight excluding hydrogens is 188 g/mol. The summed E-state index contributed by atoms with van der Waals surface area (Å²) in [6, 6.07) is 13.2. The Morgan fingerprint density at radius 3 is 2.60 bits per heavy atom. The van der Waals surface area contributed by atoms with Crippen LogP contribution < -0.4 is 10.5 Å². The van der Waals surface area contributed by atoms with Crippen molar-refractivity contribution in [3.05, 3.63) is 54.2 Å². The van der Waals surface area contributed by atoms with Crippen LogP contribution in [0, 0.1) is 0 Å². The van der Waals surface area contributed by atoms with Crippen LogP contribution in [0.4, 0.5) is 5.69 Å². The van der Waals surface area contributed by atoms with Gasteiger partial charge in [-0.1, -0.05) is 24.3 Å². The van der Waals surface area contributed by atoms with Crippen LogP contribution in [-0.2, 0) is 6.61 Å². The summed E-state index contributed by atoms with van der Waals surface area (Å²) in [5.41, 5.74) is 7.50. The van der Waals surface area contributed by atoms with Crippen LogP contribution in [0.2, 0.25) is 0 Å². The summed E-state index contributed by atoms with van der Waals surface area (Å²) in [4.78, 5) is 4.06. The fourth-order valence-electron chi connectivity index (χ4n) is 1.25. The molecule has 0 radical (unpaired) electrons. The van der Waals surface area contributed by atoms with Gasteiger partial charge in [-0.3, -0.25) is 0 Å². The molecule has 1 aromatic heterocycles. The largest absolute Gasteiger partial charge is 0.473 e. The van der Waals surface area contributed by atoms with Gasteiger partial charge in [0, 0.05) is 23.5 Å². The molecule has 15 heavy (non-hydrogen) atoms. The number of para-hydroxylation sites is 1. The van der Waals surface area contributed by atoms with Crippen LogP contribution in [0.15, 0.2) is 48.7 Å². The number of rotatable bonds is 3. The minimum absolute atomic E-state index is 0.448. The highest BCUT2D eigenvalue weighted by molar-refractivity contribution is 5.45. The van der Waals surface area contributed by atoms with E-state index >= 15 is 0 Å². The molecule has 76 valence electrons. The third-order valence-electron chi connectivity index (χ3n) is 2.07. The van der Waals surface area contributed by atoms with Crippen molar-refractivity contribution in [1.82, 2.24) is 4.98 Å². The lowest BCUT2D eigenvalue weighted by Crippen LogP contribution is -2.00. The predicted octanol–water partition coefficient (Wildman–Crippen LogP) is 2.24. The second-order valence-corrected chi connectivity index (χ2v) is 3.16. The molecule has 3 heteroatoms. The molecular formula is C12H12N2O. The number of nitrogens with zero attached hydrogens (tertiary/aromatic N) is 1. The van der Waals surface area contributed by atoms with Crippen molar-refractivity contribution in [2.24, 2.45) is 0 Å². The molecule has 0 saturated heterocycles. The third kappa shape index (κ3) is 2.47. The molecule has 0 aliphatic rings. The lowest BCUT2D eigenvalue weighted by atomic mass is 10.2. The van der Waals surface area contributed by atoms with Crippen molar-refractivity contribution in [3.63, 3.8) is 0 Å². The first-order chi connectivity index (χ1) is 7.36. The van der Waals surface area contributed by atoms with Gasteiger partial charge in [-0.25, -0.2) is 4.98 Å². The van der Waals surface area contributed by atoms with E-state index in [0.29, 0.717) is 12.5 Å². The topological polar surface area (TPSA) is 48.1 Å². The Hall–Kier alpha value is -2.03. The Bertz CT molecular complexity index is 429. The van der Waals surface area contributed by atoms with Gasteiger partial charge in [0.05, 0.1) is 0 Å². The molecule has 0 saturated carbocycles. The number of benzene rings is 1. The van der Waals surface area contributed by atoms with Crippen LogP contribution in [0.5, 0.6) is 5.88 Å². The van der Waals surface area contributed by atoms with E-state index in [1.165, 1.54) is 0 Å². The minimum atomic E-state index is 0.448. The number of pyridine rings is 1. The van der Waals surface area contributed by atoms with E-state index in [4.69, 9.17) is 10.5 Å². The van der Waals surface area contributed by atoms with Crippen molar-refractivity contribution in [2.75, 3.05) is 5.73 Å². The Balaban J connectivity index is 2.03. The SMILES string of the molecule is Nc1ccccc1COc1ccccn1. The van der Waals surface area contributed by atoms with Gasteiger partial charge in [0.25, 0.3) is 0 Å². The van der Waals surface area contributed by atoms with Crippen molar-refractivity contribution in [1.29, 1.82) is 0 Å². The summed E-state index contributed by atoms with van der Waals surface area (Å²) < 4.78 is 5.48. The van der Waals surface area contributed by atoms with E-state index in [9.17, 15) is 0 Å². The number of hydrogen-bond donors (Lipinski definition) is 1. The molecule has 1 aromatic carbocycles. The second-order valence-electron chi connectivity index (χ2n) is 3.16. The smallest absolute Gasteiger partial charge is 0.213 e. The van der Waals surface area contributed by atoms with E-state index in [1.807, 2.05) is 42.5 Å². The van der Waals surface area contributed by atoms with Crippen LogP contribution >= 0.6 is 0 Å². The Morgan fingerprint density at radius 1 is 1.07 bits per heavy atom. The molecule has 0 fully saturated rings. The number of nitrogen functional groups attached to an aromatic ring is 1. The third-order valence-corrected chi connectivity index (χ3v) is 2.07. The van der Waals surface area contributed by atoms with Crippen LogP contribution in [0.1, 0.15) is 5.56 Å². The van der Waals surface area contributed by atoms with Gasteiger partial charge in [-0.15, -0.1) is 0 Å². The molecule has 2 rings (SSSR count). The number of hydrogen-bond acceptors (Lipinski definition) is 3. The van der Waals surface area contributed by atoms with Crippen molar-refractivity contribution >= 4 is 5.69 Å². The van der Waals surface area contributed by atoms with Crippen LogP contribution in [0.3, 0.4) is 0 Å². The normalized spacial score (nSPS) is 9.87. The van der Waals surface area contributed by atoms with Crippen molar-refractivity contribution in [3.8, 4) is 5.88 Å². The highest BCUT2D eigenvalue weighted by atomic mass is 16.5. The summed E-state index contributed by atoms with van der Waals surface area (Å²) in [7, 11) is 0. The van der Waals surface area contributed by atoms with Gasteiger partial charge < -0.3 is 10.5 Å². The summed E-state index contributed by atoms with van der Waals surface area (Å²) in [5, 5.41) is 0. The van der Waals surface area contributed by atoms with Crippen molar-refractivity contribution < 1.29 is 4.74 Å². The molecule has 0 atom stereocenters. The molecule has 0 aliphatic carbocycles. The number of anilines is 1. The Morgan fingerprint density at radius 2 is 1.87 bits per heavy atom.